The molecule has 2 fully saturated rings. The number of nitrogens with zero attached hydrogens (tertiary/aromatic N) is 3. The summed E-state index contributed by atoms with van der Waals surface area (Å²) in [6, 6.07) is 1.79. The van der Waals surface area contributed by atoms with Crippen molar-refractivity contribution in [3.8, 4) is 0 Å². The van der Waals surface area contributed by atoms with E-state index in [2.05, 4.69) is 34.5 Å². The maximum atomic E-state index is 13.2. The normalized spacial score (nSPS) is 22.2. The zero-order valence-electron chi connectivity index (χ0n) is 21.3. The summed E-state index contributed by atoms with van der Waals surface area (Å²) in [5, 5.41) is 5.31. The number of nitrogens with one attached hydrogen (secondary N) is 2. The Hall–Kier alpha value is -2.68. The van der Waals surface area contributed by atoms with Crippen LogP contribution in [0.25, 0.3) is 0 Å². The van der Waals surface area contributed by atoms with Crippen LogP contribution >= 0.6 is 0 Å². The minimum atomic E-state index is -0.652. The SMILES string of the molecule is Cc1cc(NC(=O)C(=O)N2C[C@@H](C)CC[C@@H]2C2CCN(C)CC2)cnc1NC(=O)OC(C)(C)C. The zero-order valence-corrected chi connectivity index (χ0v) is 21.3. The summed E-state index contributed by atoms with van der Waals surface area (Å²) in [5.74, 6) is 0.0138. The Kier molecular flexibility index (Phi) is 8.17. The number of hydrogen-bond acceptors (Lipinski definition) is 6. The number of piperidine rings is 2. The third-order valence-corrected chi connectivity index (χ3v) is 6.58. The fourth-order valence-electron chi connectivity index (χ4n) is 4.80. The first-order valence-corrected chi connectivity index (χ1v) is 12.2. The molecule has 9 nitrogen and oxygen atoms in total. The molecule has 0 bridgehead atoms. The predicted octanol–water partition coefficient (Wildman–Crippen LogP) is 3.64. The van der Waals surface area contributed by atoms with Crippen LogP contribution in [-0.2, 0) is 14.3 Å². The van der Waals surface area contributed by atoms with E-state index in [1.807, 2.05) is 0 Å². The molecule has 1 aromatic heterocycles. The lowest BCUT2D eigenvalue weighted by Crippen LogP contribution is -2.54. The van der Waals surface area contributed by atoms with Gasteiger partial charge in [0.15, 0.2) is 0 Å². The number of pyridine rings is 1. The minimum absolute atomic E-state index is 0.114. The van der Waals surface area contributed by atoms with E-state index < -0.39 is 23.5 Å². The van der Waals surface area contributed by atoms with Crippen LogP contribution in [0.4, 0.5) is 16.3 Å². The molecule has 2 N–H and O–H groups in total. The molecule has 2 aliphatic heterocycles. The molecule has 3 rings (SSSR count). The highest BCUT2D eigenvalue weighted by atomic mass is 16.6. The zero-order chi connectivity index (χ0) is 25.0. The summed E-state index contributed by atoms with van der Waals surface area (Å²) in [7, 11) is 2.12. The maximum absolute atomic E-state index is 13.2. The standard InChI is InChI=1S/C25H39N5O4/c1-16-7-8-20(18-9-11-29(6)12-10-18)30(15-16)23(32)22(31)27-19-13-17(2)21(26-14-19)28-24(33)34-25(3,4)5/h13-14,16,18,20H,7-12,15H2,1-6H3,(H,27,31)(H,26,28,33)/t16-,20+/m0/s1. The molecule has 0 aromatic carbocycles. The summed E-state index contributed by atoms with van der Waals surface area (Å²) in [6.07, 6.45) is 4.96. The quantitative estimate of drug-likeness (QED) is 0.650. The van der Waals surface area contributed by atoms with Gasteiger partial charge in [-0.05, 0) is 97.0 Å². The molecule has 0 spiro atoms. The second-order valence-electron chi connectivity index (χ2n) is 10.8. The van der Waals surface area contributed by atoms with Crippen LogP contribution in [0.5, 0.6) is 0 Å². The highest BCUT2D eigenvalue weighted by Gasteiger charge is 2.38. The van der Waals surface area contributed by atoms with Crippen molar-refractivity contribution in [2.45, 2.75) is 71.9 Å². The molecular formula is C25H39N5O4. The van der Waals surface area contributed by atoms with Crippen molar-refractivity contribution < 1.29 is 19.1 Å². The summed E-state index contributed by atoms with van der Waals surface area (Å²) >= 11 is 0. The van der Waals surface area contributed by atoms with Gasteiger partial charge >= 0.3 is 17.9 Å². The average Bonchev–Trinajstić information content (AvgIpc) is 2.74. The van der Waals surface area contributed by atoms with E-state index in [1.54, 1.807) is 38.7 Å². The Morgan fingerprint density at radius 2 is 1.76 bits per heavy atom. The lowest BCUT2D eigenvalue weighted by Gasteiger charge is -2.44. The van der Waals surface area contributed by atoms with Crippen molar-refractivity contribution in [2.75, 3.05) is 37.3 Å². The van der Waals surface area contributed by atoms with Gasteiger partial charge in [-0.2, -0.15) is 0 Å². The average molecular weight is 474 g/mol. The monoisotopic (exact) mass is 473 g/mol. The van der Waals surface area contributed by atoms with Crippen LogP contribution in [-0.4, -0.2) is 71.0 Å². The summed E-state index contributed by atoms with van der Waals surface area (Å²) in [6.45, 7) is 11.9. The summed E-state index contributed by atoms with van der Waals surface area (Å²) < 4.78 is 5.25. The van der Waals surface area contributed by atoms with Crippen LogP contribution in [0, 0.1) is 18.8 Å². The van der Waals surface area contributed by atoms with Crippen LogP contribution in [0.1, 0.15) is 58.9 Å². The maximum Gasteiger partial charge on any atom is 0.413 e. The second-order valence-corrected chi connectivity index (χ2v) is 10.8. The van der Waals surface area contributed by atoms with Crippen molar-refractivity contribution in [1.82, 2.24) is 14.8 Å². The number of amides is 3. The Morgan fingerprint density at radius 3 is 2.38 bits per heavy atom. The number of rotatable bonds is 3. The predicted molar refractivity (Wildman–Crippen MR) is 132 cm³/mol. The van der Waals surface area contributed by atoms with E-state index in [9.17, 15) is 14.4 Å². The van der Waals surface area contributed by atoms with Crippen molar-refractivity contribution in [3.05, 3.63) is 17.8 Å². The Labute approximate surface area is 202 Å². The minimum Gasteiger partial charge on any atom is -0.444 e. The molecule has 9 heteroatoms. The lowest BCUT2D eigenvalue weighted by atomic mass is 9.81. The third kappa shape index (κ3) is 6.91. The van der Waals surface area contributed by atoms with Gasteiger partial charge in [-0.15, -0.1) is 0 Å². The van der Waals surface area contributed by atoms with Gasteiger partial charge in [-0.3, -0.25) is 14.9 Å². The van der Waals surface area contributed by atoms with E-state index in [0.717, 1.165) is 38.8 Å². The molecule has 2 saturated heterocycles. The number of aromatic nitrogens is 1. The number of likely N-dealkylation sites (tertiary alicyclic amines) is 2. The van der Waals surface area contributed by atoms with Gasteiger partial charge in [0, 0.05) is 12.6 Å². The van der Waals surface area contributed by atoms with Crippen molar-refractivity contribution in [2.24, 2.45) is 11.8 Å². The van der Waals surface area contributed by atoms with Crippen LogP contribution in [0.2, 0.25) is 0 Å². The molecule has 0 aliphatic carbocycles. The molecule has 0 saturated carbocycles. The molecule has 3 heterocycles. The summed E-state index contributed by atoms with van der Waals surface area (Å²) in [5.41, 5.74) is 0.433. The van der Waals surface area contributed by atoms with Gasteiger partial charge in [0.05, 0.1) is 11.9 Å². The van der Waals surface area contributed by atoms with Crippen LogP contribution in [0.15, 0.2) is 12.3 Å². The van der Waals surface area contributed by atoms with E-state index in [1.165, 1.54) is 6.20 Å². The fraction of sp³-hybridized carbons (Fsp3) is 0.680. The number of hydrogen-bond donors (Lipinski definition) is 2. The molecule has 2 atom stereocenters. The van der Waals surface area contributed by atoms with Gasteiger partial charge in [-0.25, -0.2) is 9.78 Å². The first-order valence-electron chi connectivity index (χ1n) is 12.2. The highest BCUT2D eigenvalue weighted by molar-refractivity contribution is 6.39. The van der Waals surface area contributed by atoms with E-state index in [4.69, 9.17) is 4.74 Å². The van der Waals surface area contributed by atoms with Crippen molar-refractivity contribution in [3.63, 3.8) is 0 Å². The van der Waals surface area contributed by atoms with Crippen LogP contribution in [0.3, 0.4) is 0 Å². The molecule has 34 heavy (non-hydrogen) atoms. The van der Waals surface area contributed by atoms with Gasteiger partial charge in [0.1, 0.15) is 11.4 Å². The Morgan fingerprint density at radius 1 is 1.09 bits per heavy atom. The van der Waals surface area contributed by atoms with Gasteiger partial charge < -0.3 is 19.9 Å². The Bertz CT molecular complexity index is 905. The largest absolute Gasteiger partial charge is 0.444 e. The third-order valence-electron chi connectivity index (χ3n) is 6.58. The number of aryl methyl sites for hydroxylation is 1. The topological polar surface area (TPSA) is 104 Å². The molecule has 2 aliphatic rings. The molecule has 3 amide bonds. The van der Waals surface area contributed by atoms with E-state index in [0.29, 0.717) is 35.4 Å². The molecule has 0 radical (unpaired) electrons. The second kappa shape index (κ2) is 10.7. The van der Waals surface area contributed by atoms with Crippen molar-refractivity contribution >= 4 is 29.4 Å². The molecule has 188 valence electrons. The van der Waals surface area contributed by atoms with E-state index in [-0.39, 0.29) is 6.04 Å². The van der Waals surface area contributed by atoms with Crippen LogP contribution < -0.4 is 10.6 Å². The first kappa shape index (κ1) is 25.9. The smallest absolute Gasteiger partial charge is 0.413 e. The first-order chi connectivity index (χ1) is 15.9. The van der Waals surface area contributed by atoms with E-state index >= 15 is 0 Å². The lowest BCUT2D eigenvalue weighted by molar-refractivity contribution is -0.148. The summed E-state index contributed by atoms with van der Waals surface area (Å²) in [4.78, 5) is 46.5. The fourth-order valence-corrected chi connectivity index (χ4v) is 4.80. The molecular weight excluding hydrogens is 434 g/mol. The highest BCUT2D eigenvalue weighted by Crippen LogP contribution is 2.32. The molecule has 0 unspecified atom stereocenters. The molecule has 1 aromatic rings. The van der Waals surface area contributed by atoms with Crippen molar-refractivity contribution in [1.29, 1.82) is 0 Å². The Balaban J connectivity index is 1.64. The van der Waals surface area contributed by atoms with Gasteiger partial charge in [0.2, 0.25) is 0 Å². The number of anilines is 2. The number of carbonyl (C=O) groups excluding carboxylic acids is 3. The number of ether oxygens (including phenoxy) is 1. The van der Waals surface area contributed by atoms with Gasteiger partial charge in [0.25, 0.3) is 0 Å². The number of carbonyl (C=O) groups is 3. The van der Waals surface area contributed by atoms with Gasteiger partial charge in [-0.1, -0.05) is 6.92 Å².